The van der Waals surface area contributed by atoms with Crippen LogP contribution in [0.4, 0.5) is 0 Å². The first-order valence-corrected chi connectivity index (χ1v) is 9.08. The topological polar surface area (TPSA) is 50.4 Å². The van der Waals surface area contributed by atoms with Crippen LogP contribution in [0, 0.1) is 0 Å². The molecule has 4 heteroatoms. The quantitative estimate of drug-likeness (QED) is 0.487. The maximum Gasteiger partial charge on any atom is 0.343 e. The number of hydrogen-bond acceptors (Lipinski definition) is 3. The number of rotatable bonds is 6. The molecular weight excluding hydrogens is 336 g/mol. The van der Waals surface area contributed by atoms with Crippen molar-refractivity contribution in [1.29, 1.82) is 0 Å². The smallest absolute Gasteiger partial charge is 0.343 e. The molecule has 0 aliphatic rings. The van der Waals surface area contributed by atoms with Crippen molar-refractivity contribution in [2.24, 2.45) is 0 Å². The zero-order valence-electron chi connectivity index (χ0n) is 14.2. The largest absolute Gasteiger partial charge is 0.507 e. The molecule has 0 unspecified atom stereocenters. The average Bonchev–Trinajstić information content (AvgIpc) is 2.62. The number of para-hydroxylation sites is 1. The lowest BCUT2D eigenvalue weighted by atomic mass is 9.87. The summed E-state index contributed by atoms with van der Waals surface area (Å²) in [6.45, 7) is 2.06. The third kappa shape index (κ3) is 3.57. The Labute approximate surface area is 151 Å². The molecule has 0 fully saturated rings. The molecule has 0 aliphatic carbocycles. The molecule has 0 amide bonds. The second kappa shape index (κ2) is 7.75. The van der Waals surface area contributed by atoms with Crippen molar-refractivity contribution in [3.05, 3.63) is 75.6 Å². The van der Waals surface area contributed by atoms with Gasteiger partial charge in [-0.2, -0.15) is 0 Å². The van der Waals surface area contributed by atoms with Gasteiger partial charge in [0, 0.05) is 11.8 Å². The maximum atomic E-state index is 12.6. The SMILES string of the molecule is CCC[C@H](c1ccc(CCCl)cc1)c1c(O)c2ccccc2oc1=O. The number of halogens is 1. The van der Waals surface area contributed by atoms with Crippen LogP contribution in [0.5, 0.6) is 5.75 Å². The Kier molecular flexibility index (Phi) is 5.44. The number of aromatic hydroxyl groups is 1. The van der Waals surface area contributed by atoms with Crippen molar-refractivity contribution < 1.29 is 9.52 Å². The molecule has 0 aliphatic heterocycles. The van der Waals surface area contributed by atoms with E-state index in [0.717, 1.165) is 30.4 Å². The summed E-state index contributed by atoms with van der Waals surface area (Å²) < 4.78 is 5.45. The highest BCUT2D eigenvalue weighted by Crippen LogP contribution is 2.36. The Bertz CT molecular complexity index is 913. The number of aryl methyl sites for hydroxylation is 1. The lowest BCUT2D eigenvalue weighted by Crippen LogP contribution is -2.14. The zero-order valence-corrected chi connectivity index (χ0v) is 14.9. The van der Waals surface area contributed by atoms with Crippen LogP contribution in [0.15, 0.2) is 57.7 Å². The maximum absolute atomic E-state index is 12.6. The Hall–Kier alpha value is -2.26. The molecule has 0 spiro atoms. The van der Waals surface area contributed by atoms with E-state index in [2.05, 4.69) is 6.92 Å². The first-order valence-electron chi connectivity index (χ1n) is 8.55. The van der Waals surface area contributed by atoms with Gasteiger partial charge < -0.3 is 9.52 Å². The predicted molar refractivity (Wildman–Crippen MR) is 102 cm³/mol. The van der Waals surface area contributed by atoms with Crippen LogP contribution in [0.1, 0.15) is 42.4 Å². The Balaban J connectivity index is 2.12. The molecule has 1 heterocycles. The van der Waals surface area contributed by atoms with Crippen molar-refractivity contribution in [3.8, 4) is 5.75 Å². The van der Waals surface area contributed by atoms with E-state index in [1.807, 2.05) is 30.3 Å². The van der Waals surface area contributed by atoms with Crippen LogP contribution in [0.25, 0.3) is 11.0 Å². The van der Waals surface area contributed by atoms with Crippen molar-refractivity contribution in [2.45, 2.75) is 32.1 Å². The molecule has 1 aromatic heterocycles. The van der Waals surface area contributed by atoms with Crippen LogP contribution in [0.2, 0.25) is 0 Å². The molecule has 0 radical (unpaired) electrons. The summed E-state index contributed by atoms with van der Waals surface area (Å²) in [5, 5.41) is 11.3. The minimum atomic E-state index is -0.473. The normalized spacial score (nSPS) is 12.4. The minimum Gasteiger partial charge on any atom is -0.507 e. The number of fused-ring (bicyclic) bond motifs is 1. The van der Waals surface area contributed by atoms with E-state index in [1.54, 1.807) is 18.2 Å². The van der Waals surface area contributed by atoms with Crippen molar-refractivity contribution in [2.75, 3.05) is 5.88 Å². The summed E-state index contributed by atoms with van der Waals surface area (Å²) in [6, 6.07) is 15.1. The Morgan fingerprint density at radius 3 is 2.52 bits per heavy atom. The van der Waals surface area contributed by atoms with Gasteiger partial charge in [-0.25, -0.2) is 4.79 Å². The lowest BCUT2D eigenvalue weighted by Gasteiger charge is -2.18. The van der Waals surface area contributed by atoms with E-state index in [4.69, 9.17) is 16.0 Å². The lowest BCUT2D eigenvalue weighted by molar-refractivity contribution is 0.448. The van der Waals surface area contributed by atoms with Gasteiger partial charge in [0.25, 0.3) is 0 Å². The molecule has 1 atom stereocenters. The fraction of sp³-hybridized carbons (Fsp3) is 0.286. The van der Waals surface area contributed by atoms with E-state index < -0.39 is 5.63 Å². The number of hydrogen-bond donors (Lipinski definition) is 1. The molecule has 0 saturated carbocycles. The van der Waals surface area contributed by atoms with Crippen LogP contribution >= 0.6 is 11.6 Å². The second-order valence-electron chi connectivity index (χ2n) is 6.17. The molecule has 1 N–H and O–H groups in total. The predicted octanol–water partition coefficient (Wildman–Crippen LogP) is 5.21. The molecule has 3 aromatic rings. The van der Waals surface area contributed by atoms with Crippen LogP contribution < -0.4 is 5.63 Å². The van der Waals surface area contributed by atoms with E-state index in [1.165, 1.54) is 0 Å². The summed E-state index contributed by atoms with van der Waals surface area (Å²) in [4.78, 5) is 12.6. The van der Waals surface area contributed by atoms with Crippen molar-refractivity contribution in [3.63, 3.8) is 0 Å². The second-order valence-corrected chi connectivity index (χ2v) is 6.55. The van der Waals surface area contributed by atoms with Gasteiger partial charge in [0.2, 0.25) is 0 Å². The number of benzene rings is 2. The van der Waals surface area contributed by atoms with Gasteiger partial charge in [-0.3, -0.25) is 0 Å². The molecule has 0 saturated heterocycles. The molecular formula is C21H21ClO3. The molecule has 0 bridgehead atoms. The highest BCUT2D eigenvalue weighted by atomic mass is 35.5. The minimum absolute atomic E-state index is 0.0233. The third-order valence-electron chi connectivity index (χ3n) is 4.51. The van der Waals surface area contributed by atoms with E-state index in [-0.39, 0.29) is 11.7 Å². The Morgan fingerprint density at radius 2 is 1.84 bits per heavy atom. The molecule has 25 heavy (non-hydrogen) atoms. The van der Waals surface area contributed by atoms with Gasteiger partial charge in [0.1, 0.15) is 11.3 Å². The highest BCUT2D eigenvalue weighted by molar-refractivity contribution is 6.17. The van der Waals surface area contributed by atoms with Gasteiger partial charge >= 0.3 is 5.63 Å². The highest BCUT2D eigenvalue weighted by Gasteiger charge is 2.24. The summed E-state index contributed by atoms with van der Waals surface area (Å²) in [5.41, 5.74) is 2.42. The monoisotopic (exact) mass is 356 g/mol. The Morgan fingerprint density at radius 1 is 1.12 bits per heavy atom. The standard InChI is InChI=1S/C21H21ClO3/c1-2-5-16(15-10-8-14(9-11-15)12-13-22)19-20(23)17-6-3-4-7-18(17)25-21(19)24/h3-4,6-11,16,23H,2,5,12-13H2,1H3/t16-/m1/s1. The van der Waals surface area contributed by atoms with Gasteiger partial charge in [-0.05, 0) is 36.1 Å². The molecule has 3 rings (SSSR count). The fourth-order valence-corrected chi connectivity index (χ4v) is 3.47. The third-order valence-corrected chi connectivity index (χ3v) is 4.70. The van der Waals surface area contributed by atoms with Crippen molar-refractivity contribution in [1.82, 2.24) is 0 Å². The van der Waals surface area contributed by atoms with Gasteiger partial charge in [-0.15, -0.1) is 11.6 Å². The van der Waals surface area contributed by atoms with E-state index in [0.29, 0.717) is 22.4 Å². The van der Waals surface area contributed by atoms with Gasteiger partial charge in [-0.1, -0.05) is 49.7 Å². The van der Waals surface area contributed by atoms with E-state index >= 15 is 0 Å². The molecule has 3 nitrogen and oxygen atoms in total. The molecule has 130 valence electrons. The first kappa shape index (κ1) is 17.6. The average molecular weight is 357 g/mol. The van der Waals surface area contributed by atoms with Gasteiger partial charge in [0.15, 0.2) is 0 Å². The van der Waals surface area contributed by atoms with Crippen LogP contribution in [-0.2, 0) is 6.42 Å². The van der Waals surface area contributed by atoms with Crippen LogP contribution in [0.3, 0.4) is 0 Å². The number of alkyl halides is 1. The first-order chi connectivity index (χ1) is 12.2. The van der Waals surface area contributed by atoms with Gasteiger partial charge in [0.05, 0.1) is 10.9 Å². The van der Waals surface area contributed by atoms with Crippen LogP contribution in [-0.4, -0.2) is 11.0 Å². The zero-order chi connectivity index (χ0) is 17.8. The molecule has 2 aromatic carbocycles. The summed E-state index contributed by atoms with van der Waals surface area (Å²) in [7, 11) is 0. The summed E-state index contributed by atoms with van der Waals surface area (Å²) in [5.74, 6) is 0.401. The fourth-order valence-electron chi connectivity index (χ4n) is 3.25. The van der Waals surface area contributed by atoms with E-state index in [9.17, 15) is 9.90 Å². The summed E-state index contributed by atoms with van der Waals surface area (Å²) >= 11 is 5.79. The van der Waals surface area contributed by atoms with Crippen molar-refractivity contribution >= 4 is 22.6 Å². The summed E-state index contributed by atoms with van der Waals surface area (Å²) in [6.07, 6.45) is 2.45.